The normalized spacial score (nSPS) is 11.7. The highest BCUT2D eigenvalue weighted by Gasteiger charge is 2.46. The van der Waals surface area contributed by atoms with Crippen LogP contribution < -0.4 is 0 Å². The summed E-state index contributed by atoms with van der Waals surface area (Å²) in [5.41, 5.74) is -1.15. The monoisotopic (exact) mass is 454 g/mol. The van der Waals surface area contributed by atoms with Crippen LogP contribution in [0.25, 0.3) is 0 Å². The number of hydrogen-bond acceptors (Lipinski definition) is 4. The van der Waals surface area contributed by atoms with Crippen molar-refractivity contribution in [3.63, 3.8) is 0 Å². The van der Waals surface area contributed by atoms with Crippen molar-refractivity contribution in [2.45, 2.75) is 156 Å². The van der Waals surface area contributed by atoms with Crippen LogP contribution in [0.15, 0.2) is 0 Å². The minimum absolute atomic E-state index is 0.229. The lowest BCUT2D eigenvalue weighted by Gasteiger charge is -2.27. The molecule has 0 fully saturated rings. The van der Waals surface area contributed by atoms with Crippen LogP contribution in [-0.4, -0.2) is 24.6 Å². The Morgan fingerprint density at radius 3 is 1.31 bits per heavy atom. The molecule has 0 N–H and O–H groups in total. The van der Waals surface area contributed by atoms with Crippen molar-refractivity contribution >= 4 is 11.9 Å². The Balaban J connectivity index is 3.66. The highest BCUT2D eigenvalue weighted by molar-refractivity contribution is 6.00. The van der Waals surface area contributed by atoms with Crippen molar-refractivity contribution < 1.29 is 19.1 Å². The van der Waals surface area contributed by atoms with Crippen LogP contribution in [-0.2, 0) is 19.1 Å². The zero-order valence-corrected chi connectivity index (χ0v) is 22.1. The molecule has 0 aromatic rings. The Kier molecular flexibility index (Phi) is 19.9. The average Bonchev–Trinajstić information content (AvgIpc) is 2.76. The van der Waals surface area contributed by atoms with Crippen LogP contribution in [0.1, 0.15) is 150 Å². The first-order valence-electron chi connectivity index (χ1n) is 13.8. The van der Waals surface area contributed by atoms with Crippen LogP contribution in [0.3, 0.4) is 0 Å². The number of carbonyl (C=O) groups excluding carboxylic acids is 2. The molecule has 0 aromatic heterocycles. The number of rotatable bonds is 22. The Morgan fingerprint density at radius 1 is 0.594 bits per heavy atom. The summed E-state index contributed by atoms with van der Waals surface area (Å²) in [6.45, 7) is 9.97. The molecular weight excluding hydrogens is 400 g/mol. The van der Waals surface area contributed by atoms with Crippen molar-refractivity contribution in [2.75, 3.05) is 6.61 Å². The first-order valence-corrected chi connectivity index (χ1v) is 13.8. The maximum absolute atomic E-state index is 12.6. The maximum Gasteiger partial charge on any atom is 0.323 e. The van der Waals surface area contributed by atoms with Crippen LogP contribution in [0.4, 0.5) is 0 Å². The fraction of sp³-hybridized carbons (Fsp3) is 0.929. The fourth-order valence-corrected chi connectivity index (χ4v) is 4.19. The second-order valence-electron chi connectivity index (χ2n) is 9.68. The van der Waals surface area contributed by atoms with Crippen molar-refractivity contribution in [3.8, 4) is 0 Å². The molecule has 0 aromatic carbocycles. The molecule has 0 aliphatic heterocycles. The van der Waals surface area contributed by atoms with Gasteiger partial charge in [0, 0.05) is 0 Å². The van der Waals surface area contributed by atoms with E-state index in [-0.39, 0.29) is 6.10 Å². The lowest BCUT2D eigenvalue weighted by molar-refractivity contribution is -0.175. The maximum atomic E-state index is 12.6. The van der Waals surface area contributed by atoms with E-state index in [9.17, 15) is 9.59 Å². The highest BCUT2D eigenvalue weighted by Crippen LogP contribution is 2.30. The van der Waals surface area contributed by atoms with Gasteiger partial charge in [0.25, 0.3) is 0 Å². The van der Waals surface area contributed by atoms with E-state index >= 15 is 0 Å². The highest BCUT2D eigenvalue weighted by atomic mass is 16.6. The summed E-state index contributed by atoms with van der Waals surface area (Å²) in [6, 6.07) is 0. The molecule has 0 saturated carbocycles. The van der Waals surface area contributed by atoms with Crippen molar-refractivity contribution in [1.29, 1.82) is 0 Å². The average molecular weight is 455 g/mol. The molecule has 0 heterocycles. The molecule has 0 spiro atoms. The molecular formula is C28H54O4. The smallest absolute Gasteiger partial charge is 0.323 e. The van der Waals surface area contributed by atoms with Gasteiger partial charge in [-0.05, 0) is 33.1 Å². The molecule has 190 valence electrons. The topological polar surface area (TPSA) is 52.6 Å². The van der Waals surface area contributed by atoms with Crippen molar-refractivity contribution in [2.24, 2.45) is 5.41 Å². The van der Waals surface area contributed by atoms with Gasteiger partial charge < -0.3 is 9.47 Å². The third-order valence-electron chi connectivity index (χ3n) is 6.56. The lowest BCUT2D eigenvalue weighted by atomic mass is 9.82. The first kappa shape index (κ1) is 30.9. The number of hydrogen-bond donors (Lipinski definition) is 0. The Bertz CT molecular complexity index is 454. The van der Waals surface area contributed by atoms with E-state index < -0.39 is 17.4 Å². The second-order valence-corrected chi connectivity index (χ2v) is 9.68. The molecule has 0 unspecified atom stereocenters. The summed E-state index contributed by atoms with van der Waals surface area (Å²) in [4.78, 5) is 25.0. The Hall–Kier alpha value is -1.06. The van der Waals surface area contributed by atoms with E-state index in [0.717, 1.165) is 12.8 Å². The van der Waals surface area contributed by atoms with Gasteiger partial charge in [-0.15, -0.1) is 0 Å². The third kappa shape index (κ3) is 14.2. The van der Waals surface area contributed by atoms with E-state index in [2.05, 4.69) is 6.92 Å². The van der Waals surface area contributed by atoms with E-state index in [1.54, 1.807) is 13.8 Å². The van der Waals surface area contributed by atoms with Gasteiger partial charge >= 0.3 is 11.9 Å². The summed E-state index contributed by atoms with van der Waals surface area (Å²) in [5.74, 6) is -0.872. The predicted octanol–water partition coefficient (Wildman–Crippen LogP) is 8.55. The van der Waals surface area contributed by atoms with Crippen molar-refractivity contribution in [3.05, 3.63) is 0 Å². The van der Waals surface area contributed by atoms with Crippen LogP contribution in [0, 0.1) is 5.41 Å². The number of carbonyl (C=O) groups is 2. The van der Waals surface area contributed by atoms with Crippen LogP contribution in [0.2, 0.25) is 0 Å². The van der Waals surface area contributed by atoms with Crippen LogP contribution in [0.5, 0.6) is 0 Å². The zero-order valence-electron chi connectivity index (χ0n) is 22.1. The van der Waals surface area contributed by atoms with E-state index in [4.69, 9.17) is 9.47 Å². The summed E-state index contributed by atoms with van der Waals surface area (Å²) in [7, 11) is 0. The standard InChI is InChI=1S/C28H54O4/c1-6-9-10-11-12-13-14-15-16-17-18-19-20-21-22-23-24-31-26(29)28(7-2,8-3)27(30)32-25(4)5/h25H,6-24H2,1-5H3. The van der Waals surface area contributed by atoms with Crippen molar-refractivity contribution in [1.82, 2.24) is 0 Å². The van der Waals surface area contributed by atoms with Gasteiger partial charge in [0.1, 0.15) is 0 Å². The molecule has 0 aliphatic carbocycles. The SMILES string of the molecule is CCCCCCCCCCCCCCCCCCOC(=O)C(CC)(CC)C(=O)OC(C)C. The quantitative estimate of drug-likeness (QED) is 0.0934. The van der Waals surface area contributed by atoms with Gasteiger partial charge in [-0.3, -0.25) is 9.59 Å². The van der Waals surface area contributed by atoms with Gasteiger partial charge in [-0.1, -0.05) is 117 Å². The van der Waals surface area contributed by atoms with Gasteiger partial charge in [0.05, 0.1) is 12.7 Å². The van der Waals surface area contributed by atoms with Gasteiger partial charge in [-0.25, -0.2) is 0 Å². The van der Waals surface area contributed by atoms with Gasteiger partial charge in [-0.2, -0.15) is 0 Å². The summed E-state index contributed by atoms with van der Waals surface area (Å²) < 4.78 is 10.8. The molecule has 4 nitrogen and oxygen atoms in total. The molecule has 0 saturated heterocycles. The Morgan fingerprint density at radius 2 is 0.969 bits per heavy atom. The molecule has 32 heavy (non-hydrogen) atoms. The zero-order chi connectivity index (χ0) is 24.1. The second kappa shape index (κ2) is 20.5. The first-order chi connectivity index (χ1) is 15.4. The predicted molar refractivity (Wildman–Crippen MR) is 135 cm³/mol. The van der Waals surface area contributed by atoms with E-state index in [0.29, 0.717) is 19.4 Å². The summed E-state index contributed by atoms with van der Waals surface area (Å²) >= 11 is 0. The molecule has 4 heteroatoms. The largest absolute Gasteiger partial charge is 0.465 e. The molecule has 0 amide bonds. The molecule has 0 bridgehead atoms. The molecule has 0 atom stereocenters. The minimum Gasteiger partial charge on any atom is -0.465 e. The minimum atomic E-state index is -1.15. The van der Waals surface area contributed by atoms with Gasteiger partial charge in [0.2, 0.25) is 0 Å². The summed E-state index contributed by atoms with van der Waals surface area (Å²) in [5, 5.41) is 0. The fourth-order valence-electron chi connectivity index (χ4n) is 4.19. The van der Waals surface area contributed by atoms with E-state index in [1.807, 2.05) is 13.8 Å². The van der Waals surface area contributed by atoms with Gasteiger partial charge in [0.15, 0.2) is 5.41 Å². The van der Waals surface area contributed by atoms with Crippen LogP contribution >= 0.6 is 0 Å². The molecule has 0 radical (unpaired) electrons. The molecule has 0 rings (SSSR count). The molecule has 0 aliphatic rings. The lowest BCUT2D eigenvalue weighted by Crippen LogP contribution is -2.42. The number of unbranched alkanes of at least 4 members (excludes halogenated alkanes) is 15. The summed E-state index contributed by atoms with van der Waals surface area (Å²) in [6.07, 6.45) is 21.7. The number of esters is 2. The third-order valence-corrected chi connectivity index (χ3v) is 6.56. The van der Waals surface area contributed by atoms with E-state index in [1.165, 1.54) is 89.9 Å². The number of ether oxygens (including phenoxy) is 2. The Labute approximate surface area is 199 Å².